The van der Waals surface area contributed by atoms with Crippen LogP contribution >= 0.6 is 0 Å². The van der Waals surface area contributed by atoms with Crippen molar-refractivity contribution in [1.29, 1.82) is 0 Å². The molecule has 0 saturated carbocycles. The lowest BCUT2D eigenvalue weighted by atomic mass is 9.99. The van der Waals surface area contributed by atoms with Gasteiger partial charge in [-0.1, -0.05) is 6.07 Å². The number of hydrogen-bond donors (Lipinski definition) is 1. The van der Waals surface area contributed by atoms with Crippen molar-refractivity contribution >= 4 is 17.5 Å². The molecule has 1 aromatic heterocycles. The zero-order valence-electron chi connectivity index (χ0n) is 13.9. The molecule has 0 fully saturated rings. The van der Waals surface area contributed by atoms with Gasteiger partial charge in [0.25, 0.3) is 17.4 Å². The number of amides is 2. The fourth-order valence-corrected chi connectivity index (χ4v) is 2.66. The summed E-state index contributed by atoms with van der Waals surface area (Å²) in [7, 11) is 1.65. The van der Waals surface area contributed by atoms with Gasteiger partial charge in [0, 0.05) is 26.0 Å². The summed E-state index contributed by atoms with van der Waals surface area (Å²) in [5, 5.41) is 2.76. The maximum atomic E-state index is 12.7. The molecule has 1 unspecified atom stereocenters. The van der Waals surface area contributed by atoms with Crippen LogP contribution in [0.2, 0.25) is 0 Å². The van der Waals surface area contributed by atoms with E-state index in [0.717, 1.165) is 11.1 Å². The topological polar surface area (TPSA) is 71.5 Å². The van der Waals surface area contributed by atoms with Gasteiger partial charge in [0.2, 0.25) is 0 Å². The maximum Gasteiger partial charge on any atom is 0.280 e. The molecule has 2 heterocycles. The molecule has 0 spiro atoms. The summed E-state index contributed by atoms with van der Waals surface area (Å²) in [4.78, 5) is 30.7. The maximum absolute atomic E-state index is 12.7. The Bertz CT molecular complexity index is 791. The Morgan fingerprint density at radius 3 is 2.71 bits per heavy atom. The lowest BCUT2D eigenvalue weighted by Gasteiger charge is -2.38. The second-order valence-corrected chi connectivity index (χ2v) is 6.01. The molecular weight excluding hydrogens is 306 g/mol. The van der Waals surface area contributed by atoms with E-state index in [-0.39, 0.29) is 0 Å². The van der Waals surface area contributed by atoms with Gasteiger partial charge in [-0.2, -0.15) is 0 Å². The number of pyridine rings is 1. The van der Waals surface area contributed by atoms with Crippen LogP contribution < -0.4 is 15.0 Å². The number of fused-ring (bicyclic) bond motifs is 1. The number of anilines is 1. The summed E-state index contributed by atoms with van der Waals surface area (Å²) in [6.45, 7) is 3.74. The van der Waals surface area contributed by atoms with Crippen molar-refractivity contribution in [3.05, 3.63) is 53.9 Å². The minimum Gasteiger partial charge on any atom is -0.466 e. The van der Waals surface area contributed by atoms with E-state index < -0.39 is 17.4 Å². The Morgan fingerprint density at radius 2 is 2.00 bits per heavy atom. The second-order valence-electron chi connectivity index (χ2n) is 6.01. The lowest BCUT2D eigenvalue weighted by Crippen LogP contribution is -2.61. The number of ether oxygens (including phenoxy) is 1. The van der Waals surface area contributed by atoms with Crippen LogP contribution in [0.5, 0.6) is 5.75 Å². The van der Waals surface area contributed by atoms with Gasteiger partial charge in [-0.15, -0.1) is 0 Å². The highest BCUT2D eigenvalue weighted by atomic mass is 16.5. The van der Waals surface area contributed by atoms with Crippen molar-refractivity contribution < 1.29 is 14.3 Å². The van der Waals surface area contributed by atoms with Crippen molar-refractivity contribution in [2.24, 2.45) is 0 Å². The third-order valence-corrected chi connectivity index (χ3v) is 4.14. The molecule has 0 saturated heterocycles. The normalized spacial score (nSPS) is 19.5. The minimum absolute atomic E-state index is 0.304. The number of nitrogens with one attached hydrogen (secondary N) is 1. The largest absolute Gasteiger partial charge is 0.466 e. The first kappa shape index (κ1) is 16.0. The fourth-order valence-electron chi connectivity index (χ4n) is 2.66. The summed E-state index contributed by atoms with van der Waals surface area (Å²) in [5.74, 6) is -0.348. The van der Waals surface area contributed by atoms with Gasteiger partial charge < -0.3 is 15.0 Å². The van der Waals surface area contributed by atoms with Gasteiger partial charge in [-0.05, 0) is 49.2 Å². The lowest BCUT2D eigenvalue weighted by molar-refractivity contribution is -0.148. The highest BCUT2D eigenvalue weighted by Gasteiger charge is 2.49. The van der Waals surface area contributed by atoms with E-state index in [1.165, 1.54) is 11.8 Å². The van der Waals surface area contributed by atoms with Crippen molar-refractivity contribution in [2.45, 2.75) is 26.0 Å². The van der Waals surface area contributed by atoms with E-state index in [1.54, 1.807) is 37.6 Å². The zero-order valence-corrected chi connectivity index (χ0v) is 13.9. The van der Waals surface area contributed by atoms with Crippen LogP contribution in [-0.4, -0.2) is 29.4 Å². The molecule has 1 aliphatic heterocycles. The number of likely N-dealkylation sites (N-methyl/N-ethyl adjacent to an activating group) is 1. The van der Waals surface area contributed by atoms with Gasteiger partial charge >= 0.3 is 0 Å². The number of carbonyl (C=O) groups is 2. The molecule has 124 valence electrons. The first-order valence-electron chi connectivity index (χ1n) is 7.67. The molecule has 1 atom stereocenters. The first-order chi connectivity index (χ1) is 11.4. The molecule has 3 rings (SSSR count). The van der Waals surface area contributed by atoms with E-state index in [9.17, 15) is 9.59 Å². The van der Waals surface area contributed by atoms with Gasteiger partial charge in [0.15, 0.2) is 0 Å². The van der Waals surface area contributed by atoms with Gasteiger partial charge in [-0.25, -0.2) is 0 Å². The fraction of sp³-hybridized carbons (Fsp3) is 0.278. The molecule has 1 aromatic carbocycles. The van der Waals surface area contributed by atoms with E-state index in [0.29, 0.717) is 18.0 Å². The highest BCUT2D eigenvalue weighted by molar-refractivity contribution is 6.16. The molecule has 24 heavy (non-hydrogen) atoms. The van der Waals surface area contributed by atoms with Crippen LogP contribution in [0.25, 0.3) is 0 Å². The molecule has 1 N–H and O–H groups in total. The molecule has 0 aliphatic carbocycles. The third kappa shape index (κ3) is 2.71. The summed E-state index contributed by atoms with van der Waals surface area (Å²) in [5.41, 5.74) is 0.987. The molecule has 6 heteroatoms. The average molecular weight is 325 g/mol. The molecule has 0 bridgehead atoms. The van der Waals surface area contributed by atoms with Crippen molar-refractivity contribution in [1.82, 2.24) is 10.3 Å². The number of carbonyl (C=O) groups excluding carboxylic acids is 2. The van der Waals surface area contributed by atoms with E-state index in [2.05, 4.69) is 10.3 Å². The van der Waals surface area contributed by atoms with E-state index in [4.69, 9.17) is 4.74 Å². The van der Waals surface area contributed by atoms with Crippen molar-refractivity contribution in [3.63, 3.8) is 0 Å². The predicted octanol–water partition coefficient (Wildman–Crippen LogP) is 1.82. The van der Waals surface area contributed by atoms with Crippen LogP contribution in [0, 0.1) is 6.92 Å². The van der Waals surface area contributed by atoms with E-state index in [1.807, 2.05) is 19.1 Å². The van der Waals surface area contributed by atoms with Crippen LogP contribution in [0.4, 0.5) is 5.69 Å². The molecule has 0 radical (unpaired) electrons. The van der Waals surface area contributed by atoms with Crippen LogP contribution in [-0.2, 0) is 16.1 Å². The average Bonchev–Trinajstić information content (AvgIpc) is 2.59. The smallest absolute Gasteiger partial charge is 0.280 e. The summed E-state index contributed by atoms with van der Waals surface area (Å²) in [6, 6.07) is 9.13. The van der Waals surface area contributed by atoms with Crippen LogP contribution in [0.3, 0.4) is 0 Å². The Balaban J connectivity index is 1.82. The molecule has 1 aliphatic rings. The van der Waals surface area contributed by atoms with Crippen molar-refractivity contribution in [2.75, 3.05) is 11.9 Å². The predicted molar refractivity (Wildman–Crippen MR) is 89.7 cm³/mol. The monoisotopic (exact) mass is 325 g/mol. The quantitative estimate of drug-likeness (QED) is 0.874. The Morgan fingerprint density at radius 1 is 1.29 bits per heavy atom. The standard InChI is InChI=1S/C18H19N3O3/c1-12-4-5-15-14(10-12)21(3)17(23)18(2,24-15)16(22)20-11-13-6-8-19-9-7-13/h4-10H,11H2,1-3H3,(H,20,22). The SMILES string of the molecule is Cc1ccc2c(c1)N(C)C(=O)C(C)(C(=O)NCc1ccncc1)O2. The summed E-state index contributed by atoms with van der Waals surface area (Å²) >= 11 is 0. The Hall–Kier alpha value is -2.89. The van der Waals surface area contributed by atoms with Gasteiger partial charge in [0.1, 0.15) is 5.75 Å². The highest BCUT2D eigenvalue weighted by Crippen LogP contribution is 2.37. The zero-order chi connectivity index (χ0) is 17.3. The number of rotatable bonds is 3. The Labute approximate surface area is 140 Å². The number of benzene rings is 1. The summed E-state index contributed by atoms with van der Waals surface area (Å²) < 4.78 is 5.79. The minimum atomic E-state index is -1.59. The first-order valence-corrected chi connectivity index (χ1v) is 7.67. The molecular formula is C18H19N3O3. The number of aryl methyl sites for hydroxylation is 1. The summed E-state index contributed by atoms with van der Waals surface area (Å²) in [6.07, 6.45) is 3.30. The van der Waals surface area contributed by atoms with Crippen LogP contribution in [0.1, 0.15) is 18.1 Å². The van der Waals surface area contributed by atoms with E-state index >= 15 is 0 Å². The number of nitrogens with zero attached hydrogens (tertiary/aromatic N) is 2. The number of aromatic nitrogens is 1. The molecule has 2 aromatic rings. The number of hydrogen-bond acceptors (Lipinski definition) is 4. The van der Waals surface area contributed by atoms with Gasteiger partial charge in [-0.3, -0.25) is 14.6 Å². The van der Waals surface area contributed by atoms with Gasteiger partial charge in [0.05, 0.1) is 5.69 Å². The molecule has 2 amide bonds. The molecule has 6 nitrogen and oxygen atoms in total. The van der Waals surface area contributed by atoms with Crippen LogP contribution in [0.15, 0.2) is 42.7 Å². The second kappa shape index (κ2) is 5.96. The Kier molecular flexibility index (Phi) is 3.97. The third-order valence-electron chi connectivity index (χ3n) is 4.14. The van der Waals surface area contributed by atoms with Crippen molar-refractivity contribution in [3.8, 4) is 5.75 Å².